The number of carboxylic acid groups (broad SMARTS) is 1. The van der Waals surface area contributed by atoms with E-state index in [9.17, 15) is 23.1 Å². The molecule has 8 heteroatoms. The van der Waals surface area contributed by atoms with Gasteiger partial charge in [0.05, 0.1) is 17.0 Å². The fourth-order valence-electron chi connectivity index (χ4n) is 3.09. The molecule has 1 fully saturated rings. The smallest absolute Gasteiger partial charge is 0.335 e. The van der Waals surface area contributed by atoms with E-state index in [-0.39, 0.29) is 23.6 Å². The van der Waals surface area contributed by atoms with Crippen LogP contribution >= 0.6 is 0 Å². The summed E-state index contributed by atoms with van der Waals surface area (Å²) in [5.41, 5.74) is 1.82. The van der Waals surface area contributed by atoms with E-state index in [0.29, 0.717) is 36.3 Å². The molecule has 0 atom stereocenters. The molecule has 2 aromatic rings. The van der Waals surface area contributed by atoms with Crippen LogP contribution in [0.1, 0.15) is 28.8 Å². The zero-order chi connectivity index (χ0) is 19.4. The fraction of sp³-hybridized carbons (Fsp3) is 0.263. The molecule has 2 aromatic carbocycles. The van der Waals surface area contributed by atoms with Gasteiger partial charge in [0.15, 0.2) is 0 Å². The summed E-state index contributed by atoms with van der Waals surface area (Å²) in [5.74, 6) is -1.16. The third-order valence-electron chi connectivity index (χ3n) is 4.39. The van der Waals surface area contributed by atoms with Crippen molar-refractivity contribution in [1.29, 1.82) is 0 Å². The number of nitrogens with one attached hydrogen (secondary N) is 1. The summed E-state index contributed by atoms with van der Waals surface area (Å²) in [6, 6.07) is 13.3. The van der Waals surface area contributed by atoms with Crippen LogP contribution in [0.25, 0.3) is 0 Å². The Balaban J connectivity index is 1.65. The summed E-state index contributed by atoms with van der Waals surface area (Å²) in [6.07, 6.45) is 1.01. The first-order chi connectivity index (χ1) is 12.9. The Morgan fingerprint density at radius 1 is 1.11 bits per heavy atom. The van der Waals surface area contributed by atoms with E-state index in [0.717, 1.165) is 0 Å². The lowest BCUT2D eigenvalue weighted by Gasteiger charge is -2.17. The summed E-state index contributed by atoms with van der Waals surface area (Å²) < 4.78 is 25.4. The van der Waals surface area contributed by atoms with E-state index in [2.05, 4.69) is 5.32 Å². The number of hydrogen-bond donors (Lipinski definition) is 2. The van der Waals surface area contributed by atoms with E-state index < -0.39 is 16.0 Å². The molecule has 0 aliphatic carbocycles. The van der Waals surface area contributed by atoms with Crippen LogP contribution in [-0.4, -0.2) is 37.7 Å². The van der Waals surface area contributed by atoms with Gasteiger partial charge in [-0.05, 0) is 42.7 Å². The van der Waals surface area contributed by atoms with E-state index in [4.69, 9.17) is 0 Å². The van der Waals surface area contributed by atoms with Crippen LogP contribution in [0.15, 0.2) is 48.5 Å². The largest absolute Gasteiger partial charge is 0.478 e. The van der Waals surface area contributed by atoms with Gasteiger partial charge in [-0.3, -0.25) is 9.10 Å². The highest BCUT2D eigenvalue weighted by Crippen LogP contribution is 2.26. The van der Waals surface area contributed by atoms with Crippen molar-refractivity contribution >= 4 is 33.3 Å². The number of sulfonamides is 1. The van der Waals surface area contributed by atoms with Crippen molar-refractivity contribution in [2.24, 2.45) is 0 Å². The number of carbonyl (C=O) groups excluding carboxylic acids is 1. The molecule has 1 amide bonds. The lowest BCUT2D eigenvalue weighted by atomic mass is 10.0. The third kappa shape index (κ3) is 4.46. The highest BCUT2D eigenvalue weighted by molar-refractivity contribution is 7.93. The van der Waals surface area contributed by atoms with Crippen molar-refractivity contribution in [1.82, 2.24) is 0 Å². The molecule has 27 heavy (non-hydrogen) atoms. The van der Waals surface area contributed by atoms with Gasteiger partial charge in [0.1, 0.15) is 0 Å². The topological polar surface area (TPSA) is 104 Å². The minimum absolute atomic E-state index is 0.122. The molecule has 0 saturated carbocycles. The van der Waals surface area contributed by atoms with E-state index in [1.165, 1.54) is 10.4 Å². The van der Waals surface area contributed by atoms with Crippen molar-refractivity contribution in [3.8, 4) is 0 Å². The average Bonchev–Trinajstić information content (AvgIpc) is 2.99. The molecule has 3 rings (SSSR count). The first-order valence-corrected chi connectivity index (χ1v) is 10.2. The summed E-state index contributed by atoms with van der Waals surface area (Å²) in [6.45, 7) is 0.436. The highest BCUT2D eigenvalue weighted by Gasteiger charge is 2.28. The number of rotatable bonds is 6. The molecule has 2 N–H and O–H groups in total. The molecule has 0 aromatic heterocycles. The number of aryl methyl sites for hydroxylation is 1. The first kappa shape index (κ1) is 18.9. The van der Waals surface area contributed by atoms with Gasteiger partial charge in [-0.2, -0.15) is 0 Å². The van der Waals surface area contributed by atoms with Crippen molar-refractivity contribution < 1.29 is 23.1 Å². The quantitative estimate of drug-likeness (QED) is 0.791. The normalized spacial score (nSPS) is 15.5. The van der Waals surface area contributed by atoms with Crippen LogP contribution in [0.3, 0.4) is 0 Å². The van der Waals surface area contributed by atoms with Crippen LogP contribution in [0.2, 0.25) is 0 Å². The highest BCUT2D eigenvalue weighted by atomic mass is 32.2. The van der Waals surface area contributed by atoms with Crippen molar-refractivity contribution in [3.05, 3.63) is 59.7 Å². The molecule has 0 unspecified atom stereocenters. The Hall–Kier alpha value is -2.87. The van der Waals surface area contributed by atoms with Crippen molar-refractivity contribution in [3.63, 3.8) is 0 Å². The van der Waals surface area contributed by atoms with Crippen LogP contribution in [0, 0.1) is 0 Å². The minimum atomic E-state index is -3.28. The zero-order valence-corrected chi connectivity index (χ0v) is 15.4. The molecular formula is C19H20N2O5S. The van der Waals surface area contributed by atoms with Crippen LogP contribution < -0.4 is 9.62 Å². The van der Waals surface area contributed by atoms with Gasteiger partial charge in [-0.15, -0.1) is 0 Å². The van der Waals surface area contributed by atoms with Gasteiger partial charge in [0.25, 0.3) is 0 Å². The summed E-state index contributed by atoms with van der Waals surface area (Å²) in [7, 11) is -3.28. The third-order valence-corrected chi connectivity index (χ3v) is 6.26. The maximum absolute atomic E-state index is 12.2. The van der Waals surface area contributed by atoms with E-state index in [1.54, 1.807) is 42.5 Å². The molecule has 1 heterocycles. The van der Waals surface area contributed by atoms with Crippen LogP contribution in [0.5, 0.6) is 0 Å². The van der Waals surface area contributed by atoms with Gasteiger partial charge in [0.2, 0.25) is 15.9 Å². The summed E-state index contributed by atoms with van der Waals surface area (Å²) in [5, 5.41) is 11.9. The van der Waals surface area contributed by atoms with Crippen molar-refractivity contribution in [2.45, 2.75) is 19.3 Å². The minimum Gasteiger partial charge on any atom is -0.478 e. The maximum Gasteiger partial charge on any atom is 0.335 e. The van der Waals surface area contributed by atoms with E-state index in [1.807, 2.05) is 0 Å². The molecule has 142 valence electrons. The first-order valence-electron chi connectivity index (χ1n) is 8.58. The second kappa shape index (κ2) is 7.79. The average molecular weight is 388 g/mol. The predicted molar refractivity (Wildman–Crippen MR) is 103 cm³/mol. The standard InChI is InChI=1S/C19H20N2O5S/c22-18(10-9-14-5-1-2-8-17(14)19(23)24)20-15-6-3-7-16(13-15)21-11-4-12-27(21,25)26/h1-3,5-8,13H,4,9-12H2,(H,20,22)(H,23,24). The number of hydrogen-bond acceptors (Lipinski definition) is 4. The Morgan fingerprint density at radius 3 is 2.59 bits per heavy atom. The SMILES string of the molecule is O=C(CCc1ccccc1C(=O)O)Nc1cccc(N2CCCS2(=O)=O)c1. The van der Waals surface area contributed by atoms with Gasteiger partial charge < -0.3 is 10.4 Å². The molecule has 7 nitrogen and oxygen atoms in total. The van der Waals surface area contributed by atoms with Crippen LogP contribution in [0.4, 0.5) is 11.4 Å². The number of carbonyl (C=O) groups is 2. The second-order valence-electron chi connectivity index (χ2n) is 6.30. The molecule has 1 saturated heterocycles. The van der Waals surface area contributed by atoms with Gasteiger partial charge in [-0.1, -0.05) is 24.3 Å². The molecule has 0 bridgehead atoms. The monoisotopic (exact) mass is 388 g/mol. The molecule has 0 spiro atoms. The molecular weight excluding hydrogens is 368 g/mol. The zero-order valence-electron chi connectivity index (χ0n) is 14.6. The summed E-state index contributed by atoms with van der Waals surface area (Å²) >= 11 is 0. The number of benzene rings is 2. The van der Waals surface area contributed by atoms with Gasteiger partial charge in [-0.25, -0.2) is 13.2 Å². The number of amides is 1. The lowest BCUT2D eigenvalue weighted by molar-refractivity contribution is -0.116. The maximum atomic E-state index is 12.2. The molecule has 1 aliphatic rings. The molecule has 0 radical (unpaired) electrons. The number of anilines is 2. The van der Waals surface area contributed by atoms with Crippen molar-refractivity contribution in [2.75, 3.05) is 21.9 Å². The summed E-state index contributed by atoms with van der Waals surface area (Å²) in [4.78, 5) is 23.5. The lowest BCUT2D eigenvalue weighted by Crippen LogP contribution is -2.25. The van der Waals surface area contributed by atoms with Crippen LogP contribution in [-0.2, 0) is 21.2 Å². The Kier molecular flexibility index (Phi) is 5.46. The number of carboxylic acids is 1. The number of nitrogens with zero attached hydrogens (tertiary/aromatic N) is 1. The Morgan fingerprint density at radius 2 is 1.89 bits per heavy atom. The number of aromatic carboxylic acids is 1. The Labute approximate surface area is 157 Å². The Bertz CT molecular complexity index is 972. The second-order valence-corrected chi connectivity index (χ2v) is 8.32. The van der Waals surface area contributed by atoms with Gasteiger partial charge >= 0.3 is 5.97 Å². The van der Waals surface area contributed by atoms with E-state index >= 15 is 0 Å². The predicted octanol–water partition coefficient (Wildman–Crippen LogP) is 2.50. The fourth-order valence-corrected chi connectivity index (χ4v) is 4.64. The molecule has 1 aliphatic heterocycles. The van der Waals surface area contributed by atoms with Gasteiger partial charge in [0, 0.05) is 18.7 Å².